The molecule has 0 saturated heterocycles. The molecule has 0 amide bonds. The summed E-state index contributed by atoms with van der Waals surface area (Å²) >= 11 is 0. The lowest BCUT2D eigenvalue weighted by Crippen LogP contribution is -2.47. The van der Waals surface area contributed by atoms with E-state index < -0.39 is 0 Å². The molecule has 172 valence electrons. The van der Waals surface area contributed by atoms with Crippen LogP contribution < -0.4 is 20.7 Å². The molecule has 2 atom stereocenters. The third-order valence-electron chi connectivity index (χ3n) is 5.51. The Hall–Kier alpha value is -2.08. The maximum absolute atomic E-state index is 9.59. The van der Waals surface area contributed by atoms with Gasteiger partial charge < -0.3 is 25.8 Å². The smallest absolute Gasteiger partial charge is 0.119 e. The van der Waals surface area contributed by atoms with Crippen molar-refractivity contribution in [3.63, 3.8) is 0 Å². The molecule has 2 rings (SSSR count). The molecule has 0 spiro atoms. The van der Waals surface area contributed by atoms with Crippen molar-refractivity contribution < 1.29 is 9.84 Å². The molecule has 5 nitrogen and oxygen atoms in total. The largest absolute Gasteiger partial charge is 0.508 e. The standard InChI is InChI=1S/C26H41N3O2/c1-4-6-7-23(19-27-3)29-20-24(18-22-8-12-25(30)13-9-22)28-17-16-21-10-14-26(15-11-21)31-5-2/h8-15,23-24,27-30H,4-7,16-20H2,1-3H3/t23-,24-/m0/s1. The fraction of sp³-hybridized carbons (Fsp3) is 0.538. The highest BCUT2D eigenvalue weighted by molar-refractivity contribution is 5.28. The maximum Gasteiger partial charge on any atom is 0.119 e. The van der Waals surface area contributed by atoms with Gasteiger partial charge in [0.1, 0.15) is 11.5 Å². The van der Waals surface area contributed by atoms with E-state index in [9.17, 15) is 5.11 Å². The van der Waals surface area contributed by atoms with Crippen molar-refractivity contribution in [1.82, 2.24) is 16.0 Å². The van der Waals surface area contributed by atoms with E-state index in [4.69, 9.17) is 4.74 Å². The lowest BCUT2D eigenvalue weighted by atomic mass is 10.0. The monoisotopic (exact) mass is 427 g/mol. The molecular weight excluding hydrogens is 386 g/mol. The number of aromatic hydroxyl groups is 1. The predicted molar refractivity (Wildman–Crippen MR) is 130 cm³/mol. The van der Waals surface area contributed by atoms with Crippen LogP contribution in [0.15, 0.2) is 48.5 Å². The molecule has 5 heteroatoms. The molecule has 31 heavy (non-hydrogen) atoms. The van der Waals surface area contributed by atoms with E-state index in [1.54, 1.807) is 12.1 Å². The topological polar surface area (TPSA) is 65.5 Å². The number of phenols is 1. The first kappa shape index (κ1) is 25.2. The van der Waals surface area contributed by atoms with Crippen LogP contribution in [0.25, 0.3) is 0 Å². The van der Waals surface area contributed by atoms with Crippen LogP contribution in [0.3, 0.4) is 0 Å². The van der Waals surface area contributed by atoms with Crippen molar-refractivity contribution in [2.75, 3.05) is 33.3 Å². The second-order valence-electron chi connectivity index (χ2n) is 8.15. The second kappa shape index (κ2) is 14.8. The zero-order valence-corrected chi connectivity index (χ0v) is 19.5. The normalized spacial score (nSPS) is 13.1. The van der Waals surface area contributed by atoms with Gasteiger partial charge in [-0.25, -0.2) is 0 Å². The van der Waals surface area contributed by atoms with Crippen molar-refractivity contribution in [3.8, 4) is 11.5 Å². The van der Waals surface area contributed by atoms with Crippen LogP contribution in [0, 0.1) is 0 Å². The zero-order chi connectivity index (χ0) is 22.3. The van der Waals surface area contributed by atoms with Crippen molar-refractivity contribution in [1.29, 1.82) is 0 Å². The average Bonchev–Trinajstić information content (AvgIpc) is 2.78. The van der Waals surface area contributed by atoms with Gasteiger partial charge in [-0.15, -0.1) is 0 Å². The highest BCUT2D eigenvalue weighted by atomic mass is 16.5. The minimum atomic E-state index is 0.315. The number of rotatable bonds is 16. The maximum atomic E-state index is 9.59. The summed E-state index contributed by atoms with van der Waals surface area (Å²) in [6.07, 6.45) is 5.56. The van der Waals surface area contributed by atoms with E-state index >= 15 is 0 Å². The van der Waals surface area contributed by atoms with Gasteiger partial charge in [0.25, 0.3) is 0 Å². The SMILES string of the molecule is CCCC[C@@H](CNC)NC[C@H](Cc1ccc(O)cc1)NCCc1ccc(OCC)cc1. The molecule has 0 fully saturated rings. The van der Waals surface area contributed by atoms with Crippen LogP contribution >= 0.6 is 0 Å². The molecule has 4 N–H and O–H groups in total. The lowest BCUT2D eigenvalue weighted by molar-refractivity contribution is 0.340. The number of ether oxygens (including phenoxy) is 1. The summed E-state index contributed by atoms with van der Waals surface area (Å²) in [5, 5.41) is 20.4. The van der Waals surface area contributed by atoms with Gasteiger partial charge in [0.15, 0.2) is 0 Å². The molecule has 0 heterocycles. The fourth-order valence-corrected chi connectivity index (χ4v) is 3.75. The Bertz CT molecular complexity index is 704. The third-order valence-corrected chi connectivity index (χ3v) is 5.51. The summed E-state index contributed by atoms with van der Waals surface area (Å²) in [6, 6.07) is 16.8. The summed E-state index contributed by atoms with van der Waals surface area (Å²) in [6.45, 7) is 7.76. The molecule has 0 saturated carbocycles. The number of likely N-dealkylation sites (N-methyl/N-ethyl adjacent to an activating group) is 1. The number of hydrogen-bond acceptors (Lipinski definition) is 5. The minimum absolute atomic E-state index is 0.315. The van der Waals surface area contributed by atoms with Crippen LogP contribution in [0.1, 0.15) is 44.2 Å². The Morgan fingerprint density at radius 3 is 2.23 bits per heavy atom. The molecular formula is C26H41N3O2. The van der Waals surface area contributed by atoms with Gasteiger partial charge in [0.2, 0.25) is 0 Å². The van der Waals surface area contributed by atoms with Gasteiger partial charge >= 0.3 is 0 Å². The predicted octanol–water partition coefficient (Wildman–Crippen LogP) is 3.90. The molecule has 0 radical (unpaired) electrons. The summed E-state index contributed by atoms with van der Waals surface area (Å²) in [7, 11) is 2.02. The van der Waals surface area contributed by atoms with Gasteiger partial charge in [-0.1, -0.05) is 44.0 Å². The van der Waals surface area contributed by atoms with Crippen molar-refractivity contribution in [2.24, 2.45) is 0 Å². The van der Waals surface area contributed by atoms with Crippen LogP contribution in [-0.4, -0.2) is 50.5 Å². The fourth-order valence-electron chi connectivity index (χ4n) is 3.75. The first-order chi connectivity index (χ1) is 15.1. The summed E-state index contributed by atoms with van der Waals surface area (Å²) < 4.78 is 5.53. The zero-order valence-electron chi connectivity index (χ0n) is 19.5. The lowest BCUT2D eigenvalue weighted by Gasteiger charge is -2.24. The summed E-state index contributed by atoms with van der Waals surface area (Å²) in [4.78, 5) is 0. The molecule has 0 aliphatic heterocycles. The van der Waals surface area contributed by atoms with Crippen molar-refractivity contribution in [3.05, 3.63) is 59.7 Å². The second-order valence-corrected chi connectivity index (χ2v) is 8.15. The van der Waals surface area contributed by atoms with E-state index in [1.165, 1.54) is 30.4 Å². The van der Waals surface area contributed by atoms with Gasteiger partial charge in [-0.2, -0.15) is 0 Å². The number of hydrogen-bond donors (Lipinski definition) is 4. The molecule has 0 aromatic heterocycles. The Morgan fingerprint density at radius 1 is 0.871 bits per heavy atom. The summed E-state index contributed by atoms with van der Waals surface area (Å²) in [5.74, 6) is 1.24. The van der Waals surface area contributed by atoms with E-state index in [2.05, 4.69) is 35.0 Å². The third kappa shape index (κ3) is 10.2. The van der Waals surface area contributed by atoms with Crippen LogP contribution in [-0.2, 0) is 12.8 Å². The highest BCUT2D eigenvalue weighted by Crippen LogP contribution is 2.13. The van der Waals surface area contributed by atoms with Crippen LogP contribution in [0.4, 0.5) is 0 Å². The van der Waals surface area contributed by atoms with E-state index in [0.717, 1.165) is 38.2 Å². The number of nitrogens with one attached hydrogen (secondary N) is 3. The number of benzene rings is 2. The molecule has 2 aromatic carbocycles. The first-order valence-corrected chi connectivity index (χ1v) is 11.8. The molecule has 2 aromatic rings. The van der Waals surface area contributed by atoms with Gasteiger partial charge in [-0.3, -0.25) is 0 Å². The van der Waals surface area contributed by atoms with Gasteiger partial charge in [0.05, 0.1) is 6.61 Å². The van der Waals surface area contributed by atoms with Gasteiger partial charge in [0, 0.05) is 25.2 Å². The molecule has 0 aliphatic rings. The molecule has 0 aliphatic carbocycles. The molecule has 0 unspecified atom stereocenters. The quantitative estimate of drug-likeness (QED) is 0.327. The van der Waals surface area contributed by atoms with E-state index in [1.807, 2.05) is 38.2 Å². The number of unbranched alkanes of at least 4 members (excludes halogenated alkanes) is 1. The van der Waals surface area contributed by atoms with Crippen molar-refractivity contribution >= 4 is 0 Å². The van der Waals surface area contributed by atoms with E-state index in [-0.39, 0.29) is 0 Å². The summed E-state index contributed by atoms with van der Waals surface area (Å²) in [5.41, 5.74) is 2.54. The average molecular weight is 428 g/mol. The Labute approximate surface area is 188 Å². The molecule has 0 bridgehead atoms. The van der Waals surface area contributed by atoms with Crippen molar-refractivity contribution in [2.45, 2.75) is 58.0 Å². The Kier molecular flexibility index (Phi) is 12.1. The number of phenolic OH excluding ortho intramolecular Hbond substituents is 1. The Balaban J connectivity index is 1.91. The van der Waals surface area contributed by atoms with Gasteiger partial charge in [-0.05, 0) is 75.2 Å². The highest BCUT2D eigenvalue weighted by Gasteiger charge is 2.13. The van der Waals surface area contributed by atoms with Crippen LogP contribution in [0.2, 0.25) is 0 Å². The Morgan fingerprint density at radius 2 is 1.58 bits per heavy atom. The first-order valence-electron chi connectivity index (χ1n) is 11.8. The van der Waals surface area contributed by atoms with E-state index in [0.29, 0.717) is 24.4 Å². The van der Waals surface area contributed by atoms with Crippen LogP contribution in [0.5, 0.6) is 11.5 Å². The minimum Gasteiger partial charge on any atom is -0.508 e.